The molecule has 5 heteroatoms. The summed E-state index contributed by atoms with van der Waals surface area (Å²) < 4.78 is 5.51. The Balaban J connectivity index is 1.52. The standard InChI is InChI=1S/C21H21N3O2/c25-21(23-18-7-4-8-19-17(18)11-14-26-19)24-20(15-5-2-1-3-6-15)16-9-12-22-13-10-16/h1-3,5-6,9-14,18,20H,4,7-8H2,(H2,23,24,25). The van der Waals surface area contributed by atoms with Crippen molar-refractivity contribution in [3.05, 3.63) is 89.6 Å². The highest BCUT2D eigenvalue weighted by Gasteiger charge is 2.25. The molecule has 1 aliphatic rings. The molecule has 2 heterocycles. The summed E-state index contributed by atoms with van der Waals surface area (Å²) in [5.41, 5.74) is 3.11. The Labute approximate surface area is 152 Å². The lowest BCUT2D eigenvalue weighted by molar-refractivity contribution is 0.233. The van der Waals surface area contributed by atoms with Crippen LogP contribution < -0.4 is 10.6 Å². The molecule has 4 rings (SSSR count). The third-order valence-corrected chi connectivity index (χ3v) is 4.81. The van der Waals surface area contributed by atoms with Crippen molar-refractivity contribution < 1.29 is 9.21 Å². The first-order valence-electron chi connectivity index (χ1n) is 8.89. The maximum Gasteiger partial charge on any atom is 0.316 e. The van der Waals surface area contributed by atoms with Crippen molar-refractivity contribution in [2.75, 3.05) is 0 Å². The van der Waals surface area contributed by atoms with Gasteiger partial charge in [-0.05, 0) is 42.2 Å². The van der Waals surface area contributed by atoms with Crippen LogP contribution in [-0.4, -0.2) is 11.0 Å². The van der Waals surface area contributed by atoms with Gasteiger partial charge in [0, 0.05) is 24.4 Å². The second-order valence-electron chi connectivity index (χ2n) is 6.49. The molecule has 3 aromatic rings. The van der Waals surface area contributed by atoms with E-state index in [9.17, 15) is 4.79 Å². The SMILES string of the molecule is O=C(NC1CCCc2occc21)NC(c1ccccc1)c1ccncc1. The number of urea groups is 1. The molecular weight excluding hydrogens is 326 g/mol. The number of fused-ring (bicyclic) bond motifs is 1. The van der Waals surface area contributed by atoms with Gasteiger partial charge in [-0.25, -0.2) is 4.79 Å². The fraction of sp³-hybridized carbons (Fsp3) is 0.238. The van der Waals surface area contributed by atoms with E-state index in [-0.39, 0.29) is 18.1 Å². The van der Waals surface area contributed by atoms with Gasteiger partial charge in [-0.3, -0.25) is 4.98 Å². The Bertz CT molecular complexity index is 822. The molecule has 2 amide bonds. The topological polar surface area (TPSA) is 67.2 Å². The summed E-state index contributed by atoms with van der Waals surface area (Å²) in [6.45, 7) is 0. The van der Waals surface area contributed by atoms with Crippen molar-refractivity contribution in [2.45, 2.75) is 31.3 Å². The first-order valence-corrected chi connectivity index (χ1v) is 8.89. The molecule has 0 aliphatic heterocycles. The largest absolute Gasteiger partial charge is 0.469 e. The maximum absolute atomic E-state index is 12.7. The van der Waals surface area contributed by atoms with E-state index >= 15 is 0 Å². The van der Waals surface area contributed by atoms with E-state index in [1.807, 2.05) is 48.5 Å². The van der Waals surface area contributed by atoms with Gasteiger partial charge in [0.1, 0.15) is 5.76 Å². The van der Waals surface area contributed by atoms with Gasteiger partial charge in [-0.15, -0.1) is 0 Å². The van der Waals surface area contributed by atoms with Crippen LogP contribution in [0, 0.1) is 0 Å². The van der Waals surface area contributed by atoms with Crippen LogP contribution in [0.3, 0.4) is 0 Å². The summed E-state index contributed by atoms with van der Waals surface area (Å²) in [5.74, 6) is 0.982. The number of nitrogens with one attached hydrogen (secondary N) is 2. The summed E-state index contributed by atoms with van der Waals surface area (Å²) >= 11 is 0. The Kier molecular flexibility index (Phi) is 4.69. The first-order chi connectivity index (χ1) is 12.8. The molecule has 2 aromatic heterocycles. The molecule has 2 unspecified atom stereocenters. The number of furan rings is 1. The third kappa shape index (κ3) is 3.47. The van der Waals surface area contributed by atoms with Gasteiger partial charge in [0.25, 0.3) is 0 Å². The highest BCUT2D eigenvalue weighted by atomic mass is 16.3. The maximum atomic E-state index is 12.7. The molecule has 0 saturated carbocycles. The number of hydrogen-bond acceptors (Lipinski definition) is 3. The average molecular weight is 347 g/mol. The molecule has 26 heavy (non-hydrogen) atoms. The van der Waals surface area contributed by atoms with Crippen molar-refractivity contribution in [1.82, 2.24) is 15.6 Å². The lowest BCUT2D eigenvalue weighted by Crippen LogP contribution is -2.41. The third-order valence-electron chi connectivity index (χ3n) is 4.81. The van der Waals surface area contributed by atoms with Crippen LogP contribution in [0.25, 0.3) is 0 Å². The number of hydrogen-bond donors (Lipinski definition) is 2. The fourth-order valence-corrected chi connectivity index (χ4v) is 3.53. The van der Waals surface area contributed by atoms with Crippen LogP contribution >= 0.6 is 0 Å². The molecule has 0 spiro atoms. The number of carbonyl (C=O) groups is 1. The zero-order valence-corrected chi connectivity index (χ0v) is 14.4. The van der Waals surface area contributed by atoms with Crippen molar-refractivity contribution in [3.8, 4) is 0 Å². The quantitative estimate of drug-likeness (QED) is 0.745. The molecule has 0 bridgehead atoms. The molecule has 0 fully saturated rings. The van der Waals surface area contributed by atoms with E-state index < -0.39 is 0 Å². The molecule has 1 aliphatic carbocycles. The van der Waals surface area contributed by atoms with Crippen LogP contribution in [0.5, 0.6) is 0 Å². The van der Waals surface area contributed by atoms with Gasteiger partial charge in [-0.2, -0.15) is 0 Å². The smallest absolute Gasteiger partial charge is 0.316 e. The van der Waals surface area contributed by atoms with Gasteiger partial charge in [0.2, 0.25) is 0 Å². The molecule has 0 saturated heterocycles. The number of pyridine rings is 1. The second kappa shape index (κ2) is 7.44. The molecule has 0 radical (unpaired) electrons. The van der Waals surface area contributed by atoms with E-state index in [0.717, 1.165) is 41.7 Å². The minimum atomic E-state index is -0.230. The van der Waals surface area contributed by atoms with E-state index in [4.69, 9.17) is 4.42 Å². The number of carbonyl (C=O) groups excluding carboxylic acids is 1. The van der Waals surface area contributed by atoms with Crippen LogP contribution in [0.1, 0.15) is 47.4 Å². The number of amides is 2. The second-order valence-corrected chi connectivity index (χ2v) is 6.49. The highest BCUT2D eigenvalue weighted by molar-refractivity contribution is 5.75. The lowest BCUT2D eigenvalue weighted by atomic mass is 9.93. The summed E-state index contributed by atoms with van der Waals surface area (Å²) in [4.78, 5) is 16.8. The minimum Gasteiger partial charge on any atom is -0.469 e. The van der Waals surface area contributed by atoms with E-state index in [1.54, 1.807) is 18.7 Å². The summed E-state index contributed by atoms with van der Waals surface area (Å²) in [5, 5.41) is 6.22. The Hall–Kier alpha value is -3.08. The highest BCUT2D eigenvalue weighted by Crippen LogP contribution is 2.30. The molecule has 1 aromatic carbocycles. The number of aromatic nitrogens is 1. The summed E-state index contributed by atoms with van der Waals surface area (Å²) in [6.07, 6.45) is 8.05. The molecular formula is C21H21N3O2. The molecule has 2 N–H and O–H groups in total. The van der Waals surface area contributed by atoms with Gasteiger partial charge < -0.3 is 15.1 Å². The van der Waals surface area contributed by atoms with Gasteiger partial charge in [-0.1, -0.05) is 30.3 Å². The zero-order chi connectivity index (χ0) is 17.8. The average Bonchev–Trinajstić information content (AvgIpc) is 3.17. The fourth-order valence-electron chi connectivity index (χ4n) is 3.53. The Morgan fingerprint density at radius 3 is 2.65 bits per heavy atom. The van der Waals surface area contributed by atoms with E-state index in [2.05, 4.69) is 15.6 Å². The molecule has 132 valence electrons. The lowest BCUT2D eigenvalue weighted by Gasteiger charge is -2.25. The predicted molar refractivity (Wildman–Crippen MR) is 98.6 cm³/mol. The van der Waals surface area contributed by atoms with Crippen LogP contribution in [0.2, 0.25) is 0 Å². The van der Waals surface area contributed by atoms with Crippen LogP contribution in [-0.2, 0) is 6.42 Å². The minimum absolute atomic E-state index is 0.00800. The number of nitrogens with zero attached hydrogens (tertiary/aromatic N) is 1. The molecule has 5 nitrogen and oxygen atoms in total. The number of aryl methyl sites for hydroxylation is 1. The molecule has 2 atom stereocenters. The number of benzene rings is 1. The monoisotopic (exact) mass is 347 g/mol. The van der Waals surface area contributed by atoms with Crippen LogP contribution in [0.4, 0.5) is 4.79 Å². The summed E-state index contributed by atoms with van der Waals surface area (Å²) in [6, 6.07) is 15.3. The van der Waals surface area contributed by atoms with Crippen molar-refractivity contribution in [3.63, 3.8) is 0 Å². The van der Waals surface area contributed by atoms with E-state index in [0.29, 0.717) is 0 Å². The van der Waals surface area contributed by atoms with Crippen molar-refractivity contribution >= 4 is 6.03 Å². The summed E-state index contributed by atoms with van der Waals surface area (Å²) in [7, 11) is 0. The van der Waals surface area contributed by atoms with Gasteiger partial charge in [0.15, 0.2) is 0 Å². The van der Waals surface area contributed by atoms with Crippen molar-refractivity contribution in [2.24, 2.45) is 0 Å². The van der Waals surface area contributed by atoms with Gasteiger partial charge in [0.05, 0.1) is 18.3 Å². The van der Waals surface area contributed by atoms with Crippen molar-refractivity contribution in [1.29, 1.82) is 0 Å². The van der Waals surface area contributed by atoms with E-state index in [1.165, 1.54) is 0 Å². The van der Waals surface area contributed by atoms with Gasteiger partial charge >= 0.3 is 6.03 Å². The predicted octanol–water partition coefficient (Wildman–Crippen LogP) is 4.14. The first kappa shape index (κ1) is 16.4. The number of rotatable bonds is 4. The Morgan fingerprint density at radius 1 is 1.08 bits per heavy atom. The zero-order valence-electron chi connectivity index (χ0n) is 14.4. The Morgan fingerprint density at radius 2 is 1.85 bits per heavy atom. The van der Waals surface area contributed by atoms with Crippen LogP contribution in [0.15, 0.2) is 71.6 Å². The normalized spacial score (nSPS) is 17.2.